The van der Waals surface area contributed by atoms with Gasteiger partial charge in [0.25, 0.3) is 0 Å². The summed E-state index contributed by atoms with van der Waals surface area (Å²) in [4.78, 5) is 2.04. The molecule has 3 N–H and O–H groups in total. The van der Waals surface area contributed by atoms with E-state index in [1.165, 1.54) is 0 Å². The van der Waals surface area contributed by atoms with E-state index in [0.29, 0.717) is 6.54 Å². The van der Waals surface area contributed by atoms with Crippen LogP contribution >= 0.6 is 0 Å². The average Bonchev–Trinajstić information content (AvgIpc) is 2.57. The summed E-state index contributed by atoms with van der Waals surface area (Å²) in [6.45, 7) is 2.57. The highest BCUT2D eigenvalue weighted by Crippen LogP contribution is 2.39. The Bertz CT molecular complexity index is 211. The largest absolute Gasteiger partial charge is 0.394 e. The number of β-amino-alcohol motifs (C(OH)–C–C–N with tert-alkyl or cyclic N) is 1. The van der Waals surface area contributed by atoms with E-state index in [1.807, 2.05) is 11.8 Å². The number of hydrogen-bond acceptors (Lipinski definition) is 4. The minimum atomic E-state index is -0.642. The molecule has 2 rings (SSSR count). The zero-order chi connectivity index (χ0) is 9.64. The van der Waals surface area contributed by atoms with Gasteiger partial charge in [-0.2, -0.15) is 0 Å². The van der Waals surface area contributed by atoms with Gasteiger partial charge in [0.15, 0.2) is 0 Å². The second-order valence-corrected chi connectivity index (χ2v) is 4.47. The Balaban J connectivity index is 2.18. The van der Waals surface area contributed by atoms with Gasteiger partial charge in [-0.15, -0.1) is 0 Å². The molecule has 2 aliphatic heterocycles. The zero-order valence-electron chi connectivity index (χ0n) is 7.85. The second-order valence-electron chi connectivity index (χ2n) is 4.47. The lowest BCUT2D eigenvalue weighted by atomic mass is 9.98. The number of rotatable bonds is 1. The molecule has 76 valence electrons. The van der Waals surface area contributed by atoms with Crippen LogP contribution in [0.1, 0.15) is 19.8 Å². The highest BCUT2D eigenvalue weighted by Gasteiger charge is 2.51. The van der Waals surface area contributed by atoms with Gasteiger partial charge in [0, 0.05) is 18.1 Å². The van der Waals surface area contributed by atoms with Gasteiger partial charge >= 0.3 is 0 Å². The van der Waals surface area contributed by atoms with Gasteiger partial charge in [-0.05, 0) is 19.8 Å². The van der Waals surface area contributed by atoms with Gasteiger partial charge in [-0.3, -0.25) is 4.90 Å². The van der Waals surface area contributed by atoms with Crippen LogP contribution in [-0.4, -0.2) is 57.2 Å². The van der Waals surface area contributed by atoms with Gasteiger partial charge in [-0.25, -0.2) is 0 Å². The predicted molar refractivity (Wildman–Crippen MR) is 47.2 cm³/mol. The molecule has 0 spiro atoms. The van der Waals surface area contributed by atoms with Gasteiger partial charge in [-0.1, -0.05) is 0 Å². The van der Waals surface area contributed by atoms with E-state index >= 15 is 0 Å². The lowest BCUT2D eigenvalue weighted by Crippen LogP contribution is -2.46. The molecule has 4 heteroatoms. The molecule has 2 saturated heterocycles. The third kappa shape index (κ3) is 1.21. The van der Waals surface area contributed by atoms with E-state index in [4.69, 9.17) is 0 Å². The summed E-state index contributed by atoms with van der Waals surface area (Å²) in [5.74, 6) is 0. The lowest BCUT2D eigenvalue weighted by Gasteiger charge is -2.32. The maximum Gasteiger partial charge on any atom is 0.0966 e. The number of fused-ring (bicyclic) bond motifs is 1. The minimum absolute atomic E-state index is 0.0483. The molecule has 0 aromatic rings. The maximum atomic E-state index is 9.62. The van der Waals surface area contributed by atoms with Crippen molar-refractivity contribution in [1.82, 2.24) is 4.90 Å². The minimum Gasteiger partial charge on any atom is -0.394 e. The smallest absolute Gasteiger partial charge is 0.0966 e. The summed E-state index contributed by atoms with van der Waals surface area (Å²) in [6.07, 6.45) is 0.497. The molecule has 4 unspecified atom stereocenters. The number of hydrogen-bond donors (Lipinski definition) is 3. The van der Waals surface area contributed by atoms with Crippen molar-refractivity contribution >= 4 is 0 Å². The standard InChI is InChI=1S/C9H17NO3/c1-9(5-11)3-2-6-8(13)7(12)4-10(6)9/h6-8,11-13H,2-5H2,1H3. The first-order chi connectivity index (χ1) is 6.08. The summed E-state index contributed by atoms with van der Waals surface area (Å²) < 4.78 is 0. The van der Waals surface area contributed by atoms with Crippen molar-refractivity contribution in [3.05, 3.63) is 0 Å². The van der Waals surface area contributed by atoms with E-state index in [9.17, 15) is 15.3 Å². The Labute approximate surface area is 77.8 Å². The van der Waals surface area contributed by atoms with Crippen LogP contribution in [0.15, 0.2) is 0 Å². The normalized spacial score (nSPS) is 51.2. The van der Waals surface area contributed by atoms with Crippen molar-refractivity contribution < 1.29 is 15.3 Å². The van der Waals surface area contributed by atoms with Crippen LogP contribution in [0.4, 0.5) is 0 Å². The van der Waals surface area contributed by atoms with Crippen LogP contribution in [0.3, 0.4) is 0 Å². The Morgan fingerprint density at radius 2 is 2.15 bits per heavy atom. The second kappa shape index (κ2) is 2.92. The Kier molecular flexibility index (Phi) is 2.11. The molecule has 0 radical (unpaired) electrons. The first-order valence-electron chi connectivity index (χ1n) is 4.82. The van der Waals surface area contributed by atoms with E-state index in [1.54, 1.807) is 0 Å². The predicted octanol–water partition coefficient (Wildman–Crippen LogP) is -1.06. The maximum absolute atomic E-state index is 9.62. The third-order valence-corrected chi connectivity index (χ3v) is 3.59. The highest BCUT2D eigenvalue weighted by atomic mass is 16.3. The van der Waals surface area contributed by atoms with Crippen LogP contribution < -0.4 is 0 Å². The molecular weight excluding hydrogens is 170 g/mol. The third-order valence-electron chi connectivity index (χ3n) is 3.59. The Morgan fingerprint density at radius 1 is 1.46 bits per heavy atom. The van der Waals surface area contributed by atoms with E-state index in [0.717, 1.165) is 12.8 Å². The molecule has 0 aromatic heterocycles. The summed E-state index contributed by atoms with van der Waals surface area (Å²) in [7, 11) is 0. The molecule has 2 aliphatic rings. The zero-order valence-corrected chi connectivity index (χ0v) is 7.85. The van der Waals surface area contributed by atoms with Crippen LogP contribution in [0, 0.1) is 0 Å². The van der Waals surface area contributed by atoms with E-state index in [2.05, 4.69) is 0 Å². The van der Waals surface area contributed by atoms with E-state index in [-0.39, 0.29) is 18.2 Å². The number of aliphatic hydroxyl groups excluding tert-OH is 3. The van der Waals surface area contributed by atoms with Crippen molar-refractivity contribution in [1.29, 1.82) is 0 Å². The summed E-state index contributed by atoms with van der Waals surface area (Å²) >= 11 is 0. The molecule has 0 saturated carbocycles. The molecule has 2 heterocycles. The lowest BCUT2D eigenvalue weighted by molar-refractivity contribution is 0.0388. The number of nitrogens with zero attached hydrogens (tertiary/aromatic N) is 1. The topological polar surface area (TPSA) is 63.9 Å². The molecule has 0 aromatic carbocycles. The summed E-state index contributed by atoms with van der Waals surface area (Å²) in [5.41, 5.74) is -0.233. The van der Waals surface area contributed by atoms with Gasteiger partial charge in [0.05, 0.1) is 18.8 Å². The van der Waals surface area contributed by atoms with Crippen LogP contribution in [0.2, 0.25) is 0 Å². The molecular formula is C9H17NO3. The first kappa shape index (κ1) is 9.40. The van der Waals surface area contributed by atoms with Crippen molar-refractivity contribution in [2.75, 3.05) is 13.2 Å². The fraction of sp³-hybridized carbons (Fsp3) is 1.00. The Hall–Kier alpha value is -0.160. The average molecular weight is 187 g/mol. The van der Waals surface area contributed by atoms with Crippen LogP contribution in [0.25, 0.3) is 0 Å². The monoisotopic (exact) mass is 187 g/mol. The van der Waals surface area contributed by atoms with Crippen LogP contribution in [-0.2, 0) is 0 Å². The van der Waals surface area contributed by atoms with Crippen molar-refractivity contribution in [3.63, 3.8) is 0 Å². The molecule has 0 aliphatic carbocycles. The highest BCUT2D eigenvalue weighted by molar-refractivity contribution is 5.06. The molecule has 2 fully saturated rings. The quantitative estimate of drug-likeness (QED) is 0.489. The first-order valence-corrected chi connectivity index (χ1v) is 4.82. The summed E-state index contributed by atoms with van der Waals surface area (Å²) in [6, 6.07) is 0.0483. The fourth-order valence-corrected chi connectivity index (χ4v) is 2.61. The van der Waals surface area contributed by atoms with Gasteiger partial charge in [0.2, 0.25) is 0 Å². The molecule has 0 bridgehead atoms. The van der Waals surface area contributed by atoms with Crippen LogP contribution in [0.5, 0.6) is 0 Å². The van der Waals surface area contributed by atoms with E-state index < -0.39 is 12.2 Å². The Morgan fingerprint density at radius 3 is 2.77 bits per heavy atom. The SMILES string of the molecule is CC1(CO)CCC2C(O)C(O)CN21. The number of aliphatic hydroxyl groups is 3. The van der Waals surface area contributed by atoms with Crippen molar-refractivity contribution in [2.24, 2.45) is 0 Å². The van der Waals surface area contributed by atoms with Crippen molar-refractivity contribution in [3.8, 4) is 0 Å². The molecule has 4 nitrogen and oxygen atoms in total. The molecule has 0 amide bonds. The molecule has 4 atom stereocenters. The molecule has 13 heavy (non-hydrogen) atoms. The fourth-order valence-electron chi connectivity index (χ4n) is 2.61. The van der Waals surface area contributed by atoms with Gasteiger partial charge < -0.3 is 15.3 Å². The summed E-state index contributed by atoms with van der Waals surface area (Å²) in [5, 5.41) is 28.3. The van der Waals surface area contributed by atoms with Crippen molar-refractivity contribution in [2.45, 2.75) is 43.6 Å². The van der Waals surface area contributed by atoms with Gasteiger partial charge in [0.1, 0.15) is 0 Å².